The SMILES string of the molecule is COc1cc2[nH]cc(Br)c2nc1OC. The zero-order valence-corrected chi connectivity index (χ0v) is 9.38. The summed E-state index contributed by atoms with van der Waals surface area (Å²) in [5.41, 5.74) is 1.75. The molecular formula is C9H9BrN2O2. The minimum atomic E-state index is 0.486. The average Bonchev–Trinajstić information content (AvgIpc) is 2.58. The van der Waals surface area contributed by atoms with Crippen LogP contribution >= 0.6 is 15.9 Å². The minimum Gasteiger partial charge on any atom is -0.491 e. The van der Waals surface area contributed by atoms with Gasteiger partial charge < -0.3 is 14.5 Å². The number of H-pyrrole nitrogens is 1. The molecule has 4 nitrogen and oxygen atoms in total. The maximum Gasteiger partial charge on any atom is 0.257 e. The minimum absolute atomic E-state index is 0.486. The molecule has 0 aromatic carbocycles. The maximum atomic E-state index is 5.13. The van der Waals surface area contributed by atoms with Gasteiger partial charge in [-0.05, 0) is 15.9 Å². The molecule has 0 fully saturated rings. The molecule has 2 aromatic heterocycles. The first-order chi connectivity index (χ1) is 6.76. The quantitative estimate of drug-likeness (QED) is 0.898. The smallest absolute Gasteiger partial charge is 0.257 e. The number of hydrogen-bond donors (Lipinski definition) is 1. The van der Waals surface area contributed by atoms with Crippen molar-refractivity contribution in [3.63, 3.8) is 0 Å². The fraction of sp³-hybridized carbons (Fsp3) is 0.222. The van der Waals surface area contributed by atoms with E-state index in [9.17, 15) is 0 Å². The molecule has 2 heterocycles. The molecule has 0 saturated carbocycles. The van der Waals surface area contributed by atoms with Gasteiger partial charge in [0.1, 0.15) is 5.52 Å². The molecule has 0 saturated heterocycles. The third-order valence-corrected chi connectivity index (χ3v) is 2.55. The molecular weight excluding hydrogens is 248 g/mol. The molecule has 0 aliphatic carbocycles. The number of rotatable bonds is 2. The van der Waals surface area contributed by atoms with E-state index in [4.69, 9.17) is 9.47 Å². The lowest BCUT2D eigenvalue weighted by Gasteiger charge is -2.05. The third-order valence-electron chi connectivity index (χ3n) is 1.95. The van der Waals surface area contributed by atoms with Gasteiger partial charge in [0, 0.05) is 12.3 Å². The highest BCUT2D eigenvalue weighted by Gasteiger charge is 2.10. The van der Waals surface area contributed by atoms with Gasteiger partial charge in [-0.1, -0.05) is 0 Å². The number of fused-ring (bicyclic) bond motifs is 1. The lowest BCUT2D eigenvalue weighted by atomic mass is 10.3. The fourth-order valence-corrected chi connectivity index (χ4v) is 1.69. The summed E-state index contributed by atoms with van der Waals surface area (Å²) in [6.07, 6.45) is 1.83. The Labute approximate surface area is 89.4 Å². The van der Waals surface area contributed by atoms with E-state index in [0.29, 0.717) is 11.6 Å². The van der Waals surface area contributed by atoms with Gasteiger partial charge in [-0.2, -0.15) is 0 Å². The van der Waals surface area contributed by atoms with Gasteiger partial charge >= 0.3 is 0 Å². The molecule has 2 aromatic rings. The van der Waals surface area contributed by atoms with Gasteiger partial charge in [-0.25, -0.2) is 4.98 Å². The van der Waals surface area contributed by atoms with Crippen LogP contribution in [0.3, 0.4) is 0 Å². The average molecular weight is 257 g/mol. The van der Waals surface area contributed by atoms with Crippen molar-refractivity contribution in [1.82, 2.24) is 9.97 Å². The van der Waals surface area contributed by atoms with Gasteiger partial charge in [-0.3, -0.25) is 0 Å². The summed E-state index contributed by atoms with van der Waals surface area (Å²) in [6, 6.07) is 1.85. The second kappa shape index (κ2) is 3.49. The van der Waals surface area contributed by atoms with Crippen LogP contribution in [0, 0.1) is 0 Å². The number of ether oxygens (including phenoxy) is 2. The van der Waals surface area contributed by atoms with Crippen molar-refractivity contribution in [2.24, 2.45) is 0 Å². The van der Waals surface area contributed by atoms with Crippen molar-refractivity contribution in [1.29, 1.82) is 0 Å². The second-order valence-corrected chi connectivity index (χ2v) is 3.59. The van der Waals surface area contributed by atoms with E-state index >= 15 is 0 Å². The number of aromatic amines is 1. The summed E-state index contributed by atoms with van der Waals surface area (Å²) in [4.78, 5) is 7.37. The number of nitrogens with one attached hydrogen (secondary N) is 1. The van der Waals surface area contributed by atoms with Gasteiger partial charge in [0.15, 0.2) is 5.75 Å². The summed E-state index contributed by atoms with van der Waals surface area (Å²) >= 11 is 3.39. The Morgan fingerprint density at radius 1 is 1.36 bits per heavy atom. The fourth-order valence-electron chi connectivity index (χ4n) is 1.27. The van der Waals surface area contributed by atoms with E-state index in [0.717, 1.165) is 15.5 Å². The first-order valence-electron chi connectivity index (χ1n) is 4.02. The van der Waals surface area contributed by atoms with E-state index in [-0.39, 0.29) is 0 Å². The van der Waals surface area contributed by atoms with Crippen molar-refractivity contribution in [3.05, 3.63) is 16.7 Å². The molecule has 0 aliphatic rings. The number of pyridine rings is 1. The monoisotopic (exact) mass is 256 g/mol. The molecule has 74 valence electrons. The highest BCUT2D eigenvalue weighted by atomic mass is 79.9. The zero-order valence-electron chi connectivity index (χ0n) is 7.80. The lowest BCUT2D eigenvalue weighted by molar-refractivity contribution is 0.344. The largest absolute Gasteiger partial charge is 0.491 e. The lowest BCUT2D eigenvalue weighted by Crippen LogP contribution is -1.93. The van der Waals surface area contributed by atoms with Gasteiger partial charge in [-0.15, -0.1) is 0 Å². The number of aromatic nitrogens is 2. The highest BCUT2D eigenvalue weighted by molar-refractivity contribution is 9.10. The van der Waals surface area contributed by atoms with Gasteiger partial charge in [0.2, 0.25) is 0 Å². The Hall–Kier alpha value is -1.23. The molecule has 0 radical (unpaired) electrons. The molecule has 0 spiro atoms. The first-order valence-corrected chi connectivity index (χ1v) is 4.81. The van der Waals surface area contributed by atoms with Crippen molar-refractivity contribution in [2.45, 2.75) is 0 Å². The Balaban J connectivity index is 2.71. The molecule has 14 heavy (non-hydrogen) atoms. The van der Waals surface area contributed by atoms with E-state index in [1.165, 1.54) is 0 Å². The van der Waals surface area contributed by atoms with Crippen LogP contribution < -0.4 is 9.47 Å². The van der Waals surface area contributed by atoms with Crippen LogP contribution in [-0.4, -0.2) is 24.2 Å². The van der Waals surface area contributed by atoms with E-state index in [2.05, 4.69) is 25.9 Å². The summed E-state index contributed by atoms with van der Waals surface area (Å²) < 4.78 is 11.1. The molecule has 1 N–H and O–H groups in total. The standard InChI is InChI=1S/C9H9BrN2O2/c1-13-7-3-6-8(5(10)4-11-6)12-9(7)14-2/h3-4,11H,1-2H3. The van der Waals surface area contributed by atoms with Crippen LogP contribution in [0.4, 0.5) is 0 Å². The summed E-state index contributed by atoms with van der Waals surface area (Å²) in [5, 5.41) is 0. The number of nitrogens with zero attached hydrogens (tertiary/aromatic N) is 1. The van der Waals surface area contributed by atoms with Crippen molar-refractivity contribution < 1.29 is 9.47 Å². The van der Waals surface area contributed by atoms with Crippen LogP contribution in [0.5, 0.6) is 11.6 Å². The van der Waals surface area contributed by atoms with Gasteiger partial charge in [0.05, 0.1) is 24.2 Å². The highest BCUT2D eigenvalue weighted by Crippen LogP contribution is 2.31. The maximum absolute atomic E-state index is 5.13. The topological polar surface area (TPSA) is 47.1 Å². The molecule has 0 atom stereocenters. The number of methoxy groups -OCH3 is 2. The van der Waals surface area contributed by atoms with Crippen LogP contribution in [-0.2, 0) is 0 Å². The molecule has 0 aliphatic heterocycles. The summed E-state index contributed by atoms with van der Waals surface area (Å²) in [6.45, 7) is 0. The predicted octanol–water partition coefficient (Wildman–Crippen LogP) is 2.34. The molecule has 0 unspecified atom stereocenters. The Morgan fingerprint density at radius 3 is 2.79 bits per heavy atom. The second-order valence-electron chi connectivity index (χ2n) is 2.73. The summed E-state index contributed by atoms with van der Waals surface area (Å²) in [7, 11) is 3.15. The number of hydrogen-bond acceptors (Lipinski definition) is 3. The Bertz CT molecular complexity index is 467. The number of halogens is 1. The zero-order chi connectivity index (χ0) is 10.1. The van der Waals surface area contributed by atoms with Gasteiger partial charge in [0.25, 0.3) is 5.88 Å². The molecule has 2 rings (SSSR count). The first kappa shape index (κ1) is 9.33. The van der Waals surface area contributed by atoms with Crippen LogP contribution in [0.2, 0.25) is 0 Å². The van der Waals surface area contributed by atoms with Crippen LogP contribution in [0.1, 0.15) is 0 Å². The van der Waals surface area contributed by atoms with Crippen molar-refractivity contribution >= 4 is 27.0 Å². The predicted molar refractivity (Wildman–Crippen MR) is 56.9 cm³/mol. The normalized spacial score (nSPS) is 10.5. The van der Waals surface area contributed by atoms with E-state index < -0.39 is 0 Å². The van der Waals surface area contributed by atoms with E-state index in [1.54, 1.807) is 14.2 Å². The molecule has 0 bridgehead atoms. The summed E-state index contributed by atoms with van der Waals surface area (Å²) in [5.74, 6) is 1.11. The van der Waals surface area contributed by atoms with Crippen molar-refractivity contribution in [2.75, 3.05) is 14.2 Å². The third kappa shape index (κ3) is 1.33. The van der Waals surface area contributed by atoms with Crippen molar-refractivity contribution in [3.8, 4) is 11.6 Å². The Kier molecular flexibility index (Phi) is 2.33. The molecule has 5 heteroatoms. The van der Waals surface area contributed by atoms with Crippen LogP contribution in [0.15, 0.2) is 16.7 Å². The Morgan fingerprint density at radius 2 is 2.14 bits per heavy atom. The van der Waals surface area contributed by atoms with Crippen LogP contribution in [0.25, 0.3) is 11.0 Å². The molecule has 0 amide bonds. The van der Waals surface area contributed by atoms with E-state index in [1.807, 2.05) is 12.3 Å².